The van der Waals surface area contributed by atoms with Crippen LogP contribution in [-0.2, 0) is 14.3 Å². The maximum absolute atomic E-state index is 13.2. The van der Waals surface area contributed by atoms with Crippen molar-refractivity contribution in [1.82, 2.24) is 0 Å². The predicted octanol–water partition coefficient (Wildman–Crippen LogP) is 5.31. The lowest BCUT2D eigenvalue weighted by Gasteiger charge is -2.23. The number of nitrogens with one attached hydrogen (secondary N) is 1. The number of rotatable bonds is 4. The number of nitrogens with zero attached hydrogens (tertiary/aromatic N) is 1. The monoisotopic (exact) mass is 426 g/mol. The Morgan fingerprint density at radius 3 is 2.35 bits per heavy atom. The molecule has 1 saturated heterocycles. The van der Waals surface area contributed by atoms with Crippen molar-refractivity contribution in [3.05, 3.63) is 58.9 Å². The second kappa shape index (κ2) is 9.18. The molecule has 1 heterocycles. The zero-order valence-corrected chi connectivity index (χ0v) is 18.9. The molecule has 0 bridgehead atoms. The van der Waals surface area contributed by atoms with Crippen LogP contribution >= 0.6 is 0 Å². The van der Waals surface area contributed by atoms with E-state index in [1.54, 1.807) is 17.0 Å². The van der Waals surface area contributed by atoms with E-state index in [0.717, 1.165) is 28.1 Å². The van der Waals surface area contributed by atoms with Crippen LogP contribution in [0.4, 0.5) is 15.8 Å². The summed E-state index contributed by atoms with van der Waals surface area (Å²) in [5.41, 5.74) is 4.17. The van der Waals surface area contributed by atoms with E-state index < -0.39 is 0 Å². The van der Waals surface area contributed by atoms with Crippen molar-refractivity contribution in [2.75, 3.05) is 23.4 Å². The van der Waals surface area contributed by atoms with E-state index in [9.17, 15) is 14.0 Å². The number of aryl methyl sites for hydroxylation is 2. The molecule has 31 heavy (non-hydrogen) atoms. The Morgan fingerprint density at radius 1 is 1.16 bits per heavy atom. The molecule has 0 radical (unpaired) electrons. The molecule has 5 nitrogen and oxygen atoms in total. The smallest absolute Gasteiger partial charge is 0.253 e. The first-order valence-corrected chi connectivity index (χ1v) is 10.6. The van der Waals surface area contributed by atoms with Gasteiger partial charge in [-0.3, -0.25) is 9.59 Å². The van der Waals surface area contributed by atoms with Gasteiger partial charge < -0.3 is 15.0 Å². The fraction of sp³-hybridized carbons (Fsp3) is 0.440. The van der Waals surface area contributed by atoms with E-state index >= 15 is 0 Å². The largest absolute Gasteiger partial charge is 0.364 e. The zero-order valence-electron chi connectivity index (χ0n) is 18.9. The minimum atomic E-state index is -0.296. The lowest BCUT2D eigenvalue weighted by molar-refractivity contribution is -0.123. The minimum Gasteiger partial charge on any atom is -0.364 e. The molecule has 1 N–H and O–H groups in total. The number of amides is 2. The Bertz CT molecular complexity index is 941. The molecule has 166 valence electrons. The average Bonchev–Trinajstić information content (AvgIpc) is 2.85. The van der Waals surface area contributed by atoms with Gasteiger partial charge >= 0.3 is 0 Å². The van der Waals surface area contributed by atoms with Gasteiger partial charge in [0.2, 0.25) is 5.91 Å². The van der Waals surface area contributed by atoms with E-state index in [2.05, 4.69) is 5.32 Å². The van der Waals surface area contributed by atoms with Crippen LogP contribution in [0.5, 0.6) is 0 Å². The van der Waals surface area contributed by atoms with Crippen LogP contribution in [0.2, 0.25) is 0 Å². The van der Waals surface area contributed by atoms with Crippen molar-refractivity contribution in [1.29, 1.82) is 0 Å². The van der Waals surface area contributed by atoms with Gasteiger partial charge in [-0.05, 0) is 66.6 Å². The second-order valence-electron chi connectivity index (χ2n) is 9.43. The van der Waals surface area contributed by atoms with Gasteiger partial charge in [0.1, 0.15) is 12.4 Å². The van der Waals surface area contributed by atoms with Gasteiger partial charge in [0, 0.05) is 24.3 Å². The Morgan fingerprint density at radius 2 is 1.77 bits per heavy atom. The fourth-order valence-electron chi connectivity index (χ4n) is 3.88. The summed E-state index contributed by atoms with van der Waals surface area (Å²) in [6, 6.07) is 10.1. The maximum atomic E-state index is 13.2. The molecule has 0 aliphatic carbocycles. The number of hydrogen-bond donors (Lipinski definition) is 1. The Kier molecular flexibility index (Phi) is 6.80. The van der Waals surface area contributed by atoms with Crippen LogP contribution in [0.3, 0.4) is 0 Å². The number of ether oxygens (including phenoxy) is 1. The highest BCUT2D eigenvalue weighted by Crippen LogP contribution is 2.31. The summed E-state index contributed by atoms with van der Waals surface area (Å²) in [5.74, 6) is -0.434. The summed E-state index contributed by atoms with van der Waals surface area (Å²) in [6.45, 7) is 10.4. The summed E-state index contributed by atoms with van der Waals surface area (Å²) in [6.07, 6.45) is 0.785. The van der Waals surface area contributed by atoms with Crippen LogP contribution < -0.4 is 10.2 Å². The van der Waals surface area contributed by atoms with Gasteiger partial charge in [-0.15, -0.1) is 0 Å². The third-order valence-corrected chi connectivity index (χ3v) is 5.35. The lowest BCUT2D eigenvalue weighted by atomic mass is 9.92. The summed E-state index contributed by atoms with van der Waals surface area (Å²) >= 11 is 0. The molecule has 0 saturated carbocycles. The van der Waals surface area contributed by atoms with Crippen LogP contribution in [-0.4, -0.2) is 25.0 Å². The van der Waals surface area contributed by atoms with Crippen molar-refractivity contribution < 1.29 is 18.7 Å². The van der Waals surface area contributed by atoms with Gasteiger partial charge in [-0.2, -0.15) is 0 Å². The normalized spacial score (nSPS) is 17.4. The first kappa shape index (κ1) is 22.9. The Balaban J connectivity index is 1.76. The molecule has 0 spiro atoms. The van der Waals surface area contributed by atoms with Gasteiger partial charge in [-0.1, -0.05) is 32.9 Å². The standard InChI is InChI=1S/C25H31FN2O3/c1-16-12-20(13-17(2)24(16)27-22(29)14-25(3,4)5)28-11-10-21(31-15-23(28)30)18-6-8-19(26)9-7-18/h6-9,12-13,21H,10-11,14-15H2,1-5H3,(H,27,29)/t21-/m1/s1. The molecule has 2 aromatic carbocycles. The van der Waals surface area contributed by atoms with Crippen LogP contribution in [0.15, 0.2) is 36.4 Å². The third kappa shape index (κ3) is 5.91. The topological polar surface area (TPSA) is 58.6 Å². The maximum Gasteiger partial charge on any atom is 0.253 e. The quantitative estimate of drug-likeness (QED) is 0.721. The van der Waals surface area contributed by atoms with Crippen molar-refractivity contribution in [2.45, 2.75) is 53.6 Å². The first-order chi connectivity index (χ1) is 14.5. The van der Waals surface area contributed by atoms with Crippen LogP contribution in [0.25, 0.3) is 0 Å². The summed E-state index contributed by atoms with van der Waals surface area (Å²) in [4.78, 5) is 26.9. The molecule has 1 atom stereocenters. The number of carbonyl (C=O) groups is 2. The number of benzene rings is 2. The van der Waals surface area contributed by atoms with Gasteiger partial charge in [0.05, 0.1) is 6.10 Å². The molecule has 2 amide bonds. The summed E-state index contributed by atoms with van der Waals surface area (Å²) in [5, 5.41) is 3.02. The Hall–Kier alpha value is -2.73. The first-order valence-electron chi connectivity index (χ1n) is 10.6. The fourth-order valence-corrected chi connectivity index (χ4v) is 3.88. The summed E-state index contributed by atoms with van der Waals surface area (Å²) < 4.78 is 19.0. The molecule has 1 aliphatic rings. The highest BCUT2D eigenvalue weighted by atomic mass is 19.1. The number of carbonyl (C=O) groups excluding carboxylic acids is 2. The predicted molar refractivity (Wildman–Crippen MR) is 121 cm³/mol. The number of hydrogen-bond acceptors (Lipinski definition) is 3. The molecule has 0 unspecified atom stereocenters. The molecule has 3 rings (SSSR count). The van der Waals surface area contributed by atoms with Crippen molar-refractivity contribution >= 4 is 23.2 Å². The molecule has 6 heteroatoms. The third-order valence-electron chi connectivity index (χ3n) is 5.35. The number of halogens is 1. The van der Waals surface area contributed by atoms with E-state index in [0.29, 0.717) is 19.4 Å². The van der Waals surface area contributed by atoms with Crippen LogP contribution in [0.1, 0.15) is 56.4 Å². The van der Waals surface area contributed by atoms with Crippen molar-refractivity contribution in [2.24, 2.45) is 5.41 Å². The SMILES string of the molecule is Cc1cc(N2CC[C@H](c3ccc(F)cc3)OCC2=O)cc(C)c1NC(=O)CC(C)(C)C. The molecule has 2 aromatic rings. The van der Waals surface area contributed by atoms with Crippen molar-refractivity contribution in [3.8, 4) is 0 Å². The number of anilines is 2. The van der Waals surface area contributed by atoms with E-state index in [1.807, 2.05) is 46.8 Å². The van der Waals surface area contributed by atoms with E-state index in [1.165, 1.54) is 12.1 Å². The molecule has 0 aromatic heterocycles. The van der Waals surface area contributed by atoms with E-state index in [4.69, 9.17) is 4.74 Å². The molecule has 1 fully saturated rings. The molecule has 1 aliphatic heterocycles. The van der Waals surface area contributed by atoms with Crippen molar-refractivity contribution in [3.63, 3.8) is 0 Å². The molecular weight excluding hydrogens is 395 g/mol. The van der Waals surface area contributed by atoms with Crippen LogP contribution in [0, 0.1) is 25.1 Å². The van der Waals surface area contributed by atoms with Gasteiger partial charge in [-0.25, -0.2) is 4.39 Å². The van der Waals surface area contributed by atoms with Gasteiger partial charge in [0.25, 0.3) is 5.91 Å². The highest BCUT2D eigenvalue weighted by Gasteiger charge is 2.26. The second-order valence-corrected chi connectivity index (χ2v) is 9.43. The average molecular weight is 427 g/mol. The van der Waals surface area contributed by atoms with E-state index in [-0.39, 0.29) is 35.8 Å². The zero-order chi connectivity index (χ0) is 22.8. The van der Waals surface area contributed by atoms with Gasteiger partial charge in [0.15, 0.2) is 0 Å². The summed E-state index contributed by atoms with van der Waals surface area (Å²) in [7, 11) is 0. The highest BCUT2D eigenvalue weighted by molar-refractivity contribution is 5.96. The Labute approximate surface area is 183 Å². The molecular formula is C25H31FN2O3. The minimum absolute atomic E-state index is 0.0205. The lowest BCUT2D eigenvalue weighted by Crippen LogP contribution is -2.32.